The van der Waals surface area contributed by atoms with Gasteiger partial charge in [-0.1, -0.05) is 45.9 Å². The summed E-state index contributed by atoms with van der Waals surface area (Å²) in [5, 5.41) is 0. The van der Waals surface area contributed by atoms with Gasteiger partial charge in [0.25, 0.3) is 0 Å². The molecule has 0 atom stereocenters. The van der Waals surface area contributed by atoms with Gasteiger partial charge in [0.15, 0.2) is 0 Å². The zero-order valence-corrected chi connectivity index (χ0v) is 17.4. The van der Waals surface area contributed by atoms with Crippen LogP contribution in [0.15, 0.2) is 24.3 Å². The Balaban J connectivity index is 1.73. The van der Waals surface area contributed by atoms with Crippen LogP contribution in [0.3, 0.4) is 0 Å². The van der Waals surface area contributed by atoms with Crippen molar-refractivity contribution in [2.75, 3.05) is 32.0 Å². The van der Waals surface area contributed by atoms with E-state index >= 15 is 0 Å². The van der Waals surface area contributed by atoms with Crippen LogP contribution in [0.2, 0.25) is 0 Å². The molecule has 1 aromatic rings. The van der Waals surface area contributed by atoms with Crippen LogP contribution in [0.5, 0.6) is 5.75 Å². The number of likely N-dealkylation sites (tertiary alicyclic amines) is 1. The Morgan fingerprint density at radius 2 is 1.81 bits per heavy atom. The summed E-state index contributed by atoms with van der Waals surface area (Å²) in [6.45, 7) is 11.6. The maximum Gasteiger partial charge on any atom is 0.212 e. The van der Waals surface area contributed by atoms with Gasteiger partial charge in [0.05, 0.1) is 5.75 Å². The summed E-state index contributed by atoms with van der Waals surface area (Å²) in [6, 6.07) is 8.28. The lowest BCUT2D eigenvalue weighted by molar-refractivity contribution is 0.170. The van der Waals surface area contributed by atoms with Crippen molar-refractivity contribution in [1.29, 1.82) is 0 Å². The van der Waals surface area contributed by atoms with E-state index in [0.717, 1.165) is 38.2 Å². The van der Waals surface area contributed by atoms with Gasteiger partial charge >= 0.3 is 0 Å². The lowest BCUT2D eigenvalue weighted by atomic mass is 10.0. The summed E-state index contributed by atoms with van der Waals surface area (Å²) in [4.78, 5) is 2.35. The molecule has 1 aromatic carbocycles. The van der Waals surface area contributed by atoms with Crippen molar-refractivity contribution < 1.29 is 13.2 Å². The second-order valence-corrected chi connectivity index (χ2v) is 9.75. The van der Waals surface area contributed by atoms with Gasteiger partial charge in [0, 0.05) is 12.6 Å². The van der Waals surface area contributed by atoms with Gasteiger partial charge in [-0.15, -0.1) is 0 Å². The van der Waals surface area contributed by atoms with E-state index in [0.29, 0.717) is 12.5 Å². The predicted octanol–water partition coefficient (Wildman–Crippen LogP) is 3.23. The van der Waals surface area contributed by atoms with Crippen molar-refractivity contribution in [2.24, 2.45) is 5.92 Å². The number of nitrogens with one attached hydrogen (secondary N) is 1. The number of piperidine rings is 1. The molecule has 0 amide bonds. The van der Waals surface area contributed by atoms with Gasteiger partial charge < -0.3 is 4.74 Å². The molecule has 1 aliphatic heterocycles. The highest BCUT2D eigenvalue weighted by Crippen LogP contribution is 2.25. The van der Waals surface area contributed by atoms with Crippen molar-refractivity contribution in [3.05, 3.63) is 29.8 Å². The Labute approximate surface area is 159 Å². The fourth-order valence-electron chi connectivity index (χ4n) is 3.39. The van der Waals surface area contributed by atoms with Gasteiger partial charge in [0.2, 0.25) is 10.0 Å². The molecule has 1 heterocycles. The number of sulfonamides is 1. The van der Waals surface area contributed by atoms with Crippen molar-refractivity contribution in [2.45, 2.75) is 52.5 Å². The van der Waals surface area contributed by atoms with E-state index in [9.17, 15) is 8.42 Å². The molecule has 2 rings (SSSR count). The zero-order chi connectivity index (χ0) is 19.2. The quantitative estimate of drug-likeness (QED) is 0.712. The van der Waals surface area contributed by atoms with Crippen LogP contribution in [-0.2, 0) is 10.0 Å². The van der Waals surface area contributed by atoms with E-state index in [1.54, 1.807) is 0 Å². The molecule has 0 radical (unpaired) electrons. The SMILES string of the molecule is CC(C)CS(=O)(=O)NC1CCN(CCOc2ccccc2C(C)C)CC1. The normalized spacial score (nSPS) is 17.2. The van der Waals surface area contributed by atoms with E-state index < -0.39 is 10.0 Å². The van der Waals surface area contributed by atoms with Crippen LogP contribution < -0.4 is 9.46 Å². The Morgan fingerprint density at radius 1 is 1.15 bits per heavy atom. The number of hydrogen-bond acceptors (Lipinski definition) is 4. The summed E-state index contributed by atoms with van der Waals surface area (Å²) < 4.78 is 33.0. The summed E-state index contributed by atoms with van der Waals surface area (Å²) in [5.74, 6) is 1.77. The summed E-state index contributed by atoms with van der Waals surface area (Å²) in [7, 11) is -3.16. The third-order valence-corrected chi connectivity index (χ3v) is 6.49. The lowest BCUT2D eigenvalue weighted by Crippen LogP contribution is -2.46. The van der Waals surface area contributed by atoms with Gasteiger partial charge in [0.1, 0.15) is 12.4 Å². The Hall–Kier alpha value is -1.11. The number of hydrogen-bond donors (Lipinski definition) is 1. The summed E-state index contributed by atoms with van der Waals surface area (Å²) in [6.07, 6.45) is 1.72. The number of ether oxygens (including phenoxy) is 1. The van der Waals surface area contributed by atoms with E-state index in [1.807, 2.05) is 32.0 Å². The van der Waals surface area contributed by atoms with Crippen LogP contribution in [-0.4, -0.2) is 51.4 Å². The van der Waals surface area contributed by atoms with Crippen LogP contribution in [0.1, 0.15) is 52.0 Å². The molecule has 0 unspecified atom stereocenters. The molecule has 0 bridgehead atoms. The average molecular weight is 383 g/mol. The van der Waals surface area contributed by atoms with Crippen LogP contribution >= 0.6 is 0 Å². The van der Waals surface area contributed by atoms with Crippen LogP contribution in [0, 0.1) is 5.92 Å². The molecule has 0 spiro atoms. The molecule has 1 saturated heterocycles. The fraction of sp³-hybridized carbons (Fsp3) is 0.700. The fourth-order valence-corrected chi connectivity index (χ4v) is 5.11. The molecule has 148 valence electrons. The molecule has 26 heavy (non-hydrogen) atoms. The third kappa shape index (κ3) is 6.89. The summed E-state index contributed by atoms with van der Waals surface area (Å²) >= 11 is 0. The Morgan fingerprint density at radius 3 is 2.42 bits per heavy atom. The van der Waals surface area contributed by atoms with Crippen molar-refractivity contribution in [3.8, 4) is 5.75 Å². The number of benzene rings is 1. The largest absolute Gasteiger partial charge is 0.492 e. The highest BCUT2D eigenvalue weighted by atomic mass is 32.2. The molecule has 0 aliphatic carbocycles. The molecule has 0 saturated carbocycles. The second-order valence-electron chi connectivity index (χ2n) is 7.95. The van der Waals surface area contributed by atoms with E-state index in [2.05, 4.69) is 29.5 Å². The predicted molar refractivity (Wildman–Crippen MR) is 107 cm³/mol. The minimum absolute atomic E-state index is 0.0672. The topological polar surface area (TPSA) is 58.6 Å². The van der Waals surface area contributed by atoms with Crippen molar-refractivity contribution in [3.63, 3.8) is 0 Å². The first-order valence-electron chi connectivity index (χ1n) is 9.71. The molecular weight excluding hydrogens is 348 g/mol. The first-order chi connectivity index (χ1) is 12.3. The first-order valence-corrected chi connectivity index (χ1v) is 11.4. The number of para-hydroxylation sites is 1. The minimum Gasteiger partial charge on any atom is -0.492 e. The van der Waals surface area contributed by atoms with Gasteiger partial charge in [-0.05, 0) is 49.4 Å². The van der Waals surface area contributed by atoms with E-state index in [1.165, 1.54) is 5.56 Å². The third-order valence-electron chi connectivity index (χ3n) is 4.69. The maximum absolute atomic E-state index is 12.1. The standard InChI is InChI=1S/C20H34N2O3S/c1-16(2)15-26(23,24)21-18-9-11-22(12-10-18)13-14-25-20-8-6-5-7-19(20)17(3)4/h5-8,16-18,21H,9-15H2,1-4H3. The van der Waals surface area contributed by atoms with Crippen LogP contribution in [0.25, 0.3) is 0 Å². The smallest absolute Gasteiger partial charge is 0.212 e. The minimum atomic E-state index is -3.16. The first kappa shape index (κ1) is 21.2. The van der Waals surface area contributed by atoms with Gasteiger partial charge in [-0.25, -0.2) is 13.1 Å². The highest BCUT2D eigenvalue weighted by Gasteiger charge is 2.24. The van der Waals surface area contributed by atoms with Crippen LogP contribution in [0.4, 0.5) is 0 Å². The van der Waals surface area contributed by atoms with Gasteiger partial charge in [-0.3, -0.25) is 4.90 Å². The van der Waals surface area contributed by atoms with E-state index in [4.69, 9.17) is 4.74 Å². The maximum atomic E-state index is 12.1. The molecule has 6 heteroatoms. The molecule has 5 nitrogen and oxygen atoms in total. The molecule has 1 aliphatic rings. The molecule has 0 aromatic heterocycles. The monoisotopic (exact) mass is 382 g/mol. The van der Waals surface area contributed by atoms with Gasteiger partial charge in [-0.2, -0.15) is 0 Å². The Bertz CT molecular complexity index is 651. The zero-order valence-electron chi connectivity index (χ0n) is 16.6. The number of nitrogens with zero attached hydrogens (tertiary/aromatic N) is 1. The molecular formula is C20H34N2O3S. The average Bonchev–Trinajstić information content (AvgIpc) is 2.55. The van der Waals surface area contributed by atoms with Crippen molar-refractivity contribution in [1.82, 2.24) is 9.62 Å². The number of rotatable bonds is 9. The van der Waals surface area contributed by atoms with Crippen molar-refractivity contribution >= 4 is 10.0 Å². The summed E-state index contributed by atoms with van der Waals surface area (Å²) in [5.41, 5.74) is 1.24. The molecule has 1 N–H and O–H groups in total. The Kier molecular flexibility index (Phi) is 7.92. The molecule has 1 fully saturated rings. The van der Waals surface area contributed by atoms with E-state index in [-0.39, 0.29) is 17.7 Å². The highest BCUT2D eigenvalue weighted by molar-refractivity contribution is 7.89. The second kappa shape index (κ2) is 9.72. The lowest BCUT2D eigenvalue weighted by Gasteiger charge is -2.32.